The Morgan fingerprint density at radius 3 is 2.88 bits per heavy atom. The number of ether oxygens (including phenoxy) is 1. The monoisotopic (exact) mass is 303 g/mol. The number of nitro benzene ring substituents is 1. The standard InChI is InChI=1S/C10H10BrNO3S/c1-7(6-16)5-15-9-4-2-3-8(10(9)11)12(13)14/h2-4,16H,1,5-6H2. The summed E-state index contributed by atoms with van der Waals surface area (Å²) in [4.78, 5) is 10.2. The lowest BCUT2D eigenvalue weighted by atomic mass is 10.3. The van der Waals surface area contributed by atoms with E-state index in [1.54, 1.807) is 12.1 Å². The van der Waals surface area contributed by atoms with Crippen LogP contribution in [0.4, 0.5) is 5.69 Å². The minimum Gasteiger partial charge on any atom is -0.488 e. The van der Waals surface area contributed by atoms with Crippen molar-refractivity contribution in [2.24, 2.45) is 0 Å². The van der Waals surface area contributed by atoms with Crippen LogP contribution in [0, 0.1) is 10.1 Å². The zero-order chi connectivity index (χ0) is 12.1. The molecule has 86 valence electrons. The molecule has 0 amide bonds. The first-order chi connectivity index (χ1) is 7.56. The van der Waals surface area contributed by atoms with Gasteiger partial charge in [-0.25, -0.2) is 0 Å². The highest BCUT2D eigenvalue weighted by Crippen LogP contribution is 2.33. The number of halogens is 1. The Morgan fingerprint density at radius 1 is 1.62 bits per heavy atom. The quantitative estimate of drug-likeness (QED) is 0.393. The van der Waals surface area contributed by atoms with Crippen molar-refractivity contribution >= 4 is 34.2 Å². The van der Waals surface area contributed by atoms with Crippen molar-refractivity contribution in [2.75, 3.05) is 12.4 Å². The maximum atomic E-state index is 10.7. The molecule has 0 fully saturated rings. The second-order valence-electron chi connectivity index (χ2n) is 3.04. The van der Waals surface area contributed by atoms with Gasteiger partial charge >= 0.3 is 0 Å². The zero-order valence-corrected chi connectivity index (χ0v) is 10.8. The molecule has 0 aliphatic rings. The number of rotatable bonds is 5. The Labute approximate surface area is 107 Å². The highest BCUT2D eigenvalue weighted by Gasteiger charge is 2.15. The van der Waals surface area contributed by atoms with Crippen LogP contribution in [0.1, 0.15) is 0 Å². The molecule has 0 unspecified atom stereocenters. The van der Waals surface area contributed by atoms with E-state index >= 15 is 0 Å². The fourth-order valence-corrected chi connectivity index (χ4v) is 1.59. The van der Waals surface area contributed by atoms with Crippen LogP contribution >= 0.6 is 28.6 Å². The molecule has 0 heterocycles. The van der Waals surface area contributed by atoms with Crippen LogP contribution in [0.25, 0.3) is 0 Å². The maximum Gasteiger partial charge on any atom is 0.287 e. The van der Waals surface area contributed by atoms with E-state index < -0.39 is 4.92 Å². The van der Waals surface area contributed by atoms with Gasteiger partial charge in [0.2, 0.25) is 0 Å². The van der Waals surface area contributed by atoms with Gasteiger partial charge in [-0.05, 0) is 27.6 Å². The topological polar surface area (TPSA) is 52.4 Å². The molecule has 0 aliphatic heterocycles. The van der Waals surface area contributed by atoms with Crippen molar-refractivity contribution < 1.29 is 9.66 Å². The lowest BCUT2D eigenvalue weighted by Crippen LogP contribution is -2.02. The van der Waals surface area contributed by atoms with Crippen molar-refractivity contribution in [3.8, 4) is 5.75 Å². The van der Waals surface area contributed by atoms with Gasteiger partial charge in [0.05, 0.1) is 4.92 Å². The Kier molecular flexibility index (Phi) is 4.82. The summed E-state index contributed by atoms with van der Waals surface area (Å²) in [5.41, 5.74) is 0.788. The van der Waals surface area contributed by atoms with Gasteiger partial charge in [0.25, 0.3) is 5.69 Å². The smallest absolute Gasteiger partial charge is 0.287 e. The molecule has 0 saturated carbocycles. The van der Waals surface area contributed by atoms with Crippen LogP contribution in [0.15, 0.2) is 34.8 Å². The Morgan fingerprint density at radius 2 is 2.31 bits per heavy atom. The van der Waals surface area contributed by atoms with E-state index in [1.165, 1.54) is 6.07 Å². The summed E-state index contributed by atoms with van der Waals surface area (Å²) in [6.45, 7) is 4.02. The van der Waals surface area contributed by atoms with Gasteiger partial charge in [0, 0.05) is 11.8 Å². The van der Waals surface area contributed by atoms with E-state index in [2.05, 4.69) is 35.1 Å². The third-order valence-corrected chi connectivity index (χ3v) is 3.04. The van der Waals surface area contributed by atoms with Crippen molar-refractivity contribution in [3.63, 3.8) is 0 Å². The number of benzene rings is 1. The number of nitro groups is 1. The van der Waals surface area contributed by atoms with E-state index in [1.807, 2.05) is 0 Å². The van der Waals surface area contributed by atoms with Gasteiger partial charge in [-0.3, -0.25) is 10.1 Å². The molecule has 4 nitrogen and oxygen atoms in total. The first-order valence-corrected chi connectivity index (χ1v) is 5.82. The van der Waals surface area contributed by atoms with E-state index in [4.69, 9.17) is 4.74 Å². The number of hydrogen-bond acceptors (Lipinski definition) is 4. The van der Waals surface area contributed by atoms with E-state index in [9.17, 15) is 10.1 Å². The average Bonchev–Trinajstić information content (AvgIpc) is 2.26. The van der Waals surface area contributed by atoms with Gasteiger partial charge in [-0.15, -0.1) is 0 Å². The van der Waals surface area contributed by atoms with Crippen LogP contribution in [-0.2, 0) is 0 Å². The third-order valence-electron chi connectivity index (χ3n) is 1.80. The molecule has 0 aromatic heterocycles. The first kappa shape index (κ1) is 13.1. The van der Waals surface area contributed by atoms with Crippen LogP contribution < -0.4 is 4.74 Å². The number of thiol groups is 1. The largest absolute Gasteiger partial charge is 0.488 e. The fraction of sp³-hybridized carbons (Fsp3) is 0.200. The van der Waals surface area contributed by atoms with Crippen LogP contribution in [0.3, 0.4) is 0 Å². The summed E-state index contributed by atoms with van der Waals surface area (Å²) in [5, 5.41) is 10.7. The van der Waals surface area contributed by atoms with Gasteiger partial charge in [-0.2, -0.15) is 12.6 Å². The van der Waals surface area contributed by atoms with Gasteiger partial charge in [0.15, 0.2) is 0 Å². The summed E-state index contributed by atoms with van der Waals surface area (Å²) < 4.78 is 5.72. The lowest BCUT2D eigenvalue weighted by Gasteiger charge is -2.08. The first-order valence-electron chi connectivity index (χ1n) is 4.39. The summed E-state index contributed by atoms with van der Waals surface area (Å²) in [7, 11) is 0. The minimum absolute atomic E-state index is 0.0195. The van der Waals surface area contributed by atoms with Crippen molar-refractivity contribution in [1.82, 2.24) is 0 Å². The van der Waals surface area contributed by atoms with Crippen molar-refractivity contribution in [1.29, 1.82) is 0 Å². The molecule has 0 aliphatic carbocycles. The summed E-state index contributed by atoms with van der Waals surface area (Å²) >= 11 is 7.18. The normalized spacial score (nSPS) is 9.88. The molecule has 0 bridgehead atoms. The van der Waals surface area contributed by atoms with E-state index in [-0.39, 0.29) is 5.69 Å². The molecule has 0 saturated heterocycles. The van der Waals surface area contributed by atoms with E-state index in [0.717, 1.165) is 5.57 Å². The Bertz CT molecular complexity index is 423. The molecule has 1 aromatic rings. The van der Waals surface area contributed by atoms with Gasteiger partial charge in [-0.1, -0.05) is 12.6 Å². The molecular formula is C10H10BrNO3S. The molecule has 16 heavy (non-hydrogen) atoms. The van der Waals surface area contributed by atoms with Crippen LogP contribution in [0.2, 0.25) is 0 Å². The molecule has 1 rings (SSSR count). The lowest BCUT2D eigenvalue weighted by molar-refractivity contribution is -0.385. The maximum absolute atomic E-state index is 10.7. The SMILES string of the molecule is C=C(CS)COc1cccc([N+](=O)[O-])c1Br. The molecule has 1 aromatic carbocycles. The zero-order valence-electron chi connectivity index (χ0n) is 8.35. The number of hydrogen-bond donors (Lipinski definition) is 1. The molecule has 0 spiro atoms. The Hall–Kier alpha value is -1.01. The van der Waals surface area contributed by atoms with Crippen LogP contribution in [0.5, 0.6) is 5.75 Å². The third kappa shape index (κ3) is 3.24. The minimum atomic E-state index is -0.468. The Balaban J connectivity index is 2.85. The van der Waals surface area contributed by atoms with E-state index in [0.29, 0.717) is 22.6 Å². The predicted molar refractivity (Wildman–Crippen MR) is 69.3 cm³/mol. The van der Waals surface area contributed by atoms with Gasteiger partial charge in [0.1, 0.15) is 16.8 Å². The molecule has 0 radical (unpaired) electrons. The molecular weight excluding hydrogens is 294 g/mol. The summed E-state index contributed by atoms with van der Waals surface area (Å²) in [5.74, 6) is 0.948. The molecule has 0 atom stereocenters. The molecule has 6 heteroatoms. The fourth-order valence-electron chi connectivity index (χ4n) is 0.977. The second kappa shape index (κ2) is 5.91. The second-order valence-corrected chi connectivity index (χ2v) is 4.15. The predicted octanol–water partition coefficient (Wildman–Crippen LogP) is 3.22. The van der Waals surface area contributed by atoms with Crippen LogP contribution in [-0.4, -0.2) is 17.3 Å². The average molecular weight is 304 g/mol. The van der Waals surface area contributed by atoms with Gasteiger partial charge < -0.3 is 4.74 Å². The highest BCUT2D eigenvalue weighted by molar-refractivity contribution is 9.10. The summed E-state index contributed by atoms with van der Waals surface area (Å²) in [6.07, 6.45) is 0. The van der Waals surface area contributed by atoms with Crippen molar-refractivity contribution in [2.45, 2.75) is 0 Å². The number of nitrogens with zero attached hydrogens (tertiary/aromatic N) is 1. The highest BCUT2D eigenvalue weighted by atomic mass is 79.9. The summed E-state index contributed by atoms with van der Waals surface area (Å²) in [6, 6.07) is 4.63. The molecule has 0 N–H and O–H groups in total. The van der Waals surface area contributed by atoms with Crippen molar-refractivity contribution in [3.05, 3.63) is 44.9 Å².